The molecule has 4 N–H and O–H groups in total. The highest BCUT2D eigenvalue weighted by Crippen LogP contribution is 2.26. The van der Waals surface area contributed by atoms with Crippen molar-refractivity contribution >= 4 is 40.8 Å². The molecule has 3 aromatic rings. The fourth-order valence-corrected chi connectivity index (χ4v) is 3.62. The summed E-state index contributed by atoms with van der Waals surface area (Å²) in [6.45, 7) is 3.76. The maximum Gasteiger partial charge on any atom is 0.323 e. The van der Waals surface area contributed by atoms with Crippen LogP contribution in [0.1, 0.15) is 29.8 Å². The Kier molecular flexibility index (Phi) is 9.30. The summed E-state index contributed by atoms with van der Waals surface area (Å²) in [6, 6.07) is 19.7. The minimum atomic E-state index is -0.812. The zero-order valence-electron chi connectivity index (χ0n) is 20.3. The number of urea groups is 1. The zero-order valence-corrected chi connectivity index (χ0v) is 21.1. The third kappa shape index (κ3) is 7.74. The van der Waals surface area contributed by atoms with Crippen LogP contribution in [0.3, 0.4) is 0 Å². The smallest absolute Gasteiger partial charge is 0.323 e. The van der Waals surface area contributed by atoms with Crippen molar-refractivity contribution in [1.82, 2.24) is 10.6 Å². The van der Waals surface area contributed by atoms with Gasteiger partial charge in [0, 0.05) is 30.4 Å². The van der Waals surface area contributed by atoms with Gasteiger partial charge in [0.2, 0.25) is 5.91 Å². The van der Waals surface area contributed by atoms with Crippen molar-refractivity contribution in [1.29, 1.82) is 0 Å². The molecule has 188 valence electrons. The molecule has 0 spiro atoms. The summed E-state index contributed by atoms with van der Waals surface area (Å²) in [6.07, 6.45) is 0.198. The van der Waals surface area contributed by atoms with Crippen molar-refractivity contribution < 1.29 is 19.1 Å². The second-order valence-corrected chi connectivity index (χ2v) is 8.71. The van der Waals surface area contributed by atoms with Crippen molar-refractivity contribution in [2.75, 3.05) is 17.7 Å². The SMILES string of the molecule is CNC(=O)C(Cc1ccc(NC(=O)Nc2ccccc2)cc1)NC(=O)c1ccc(OC(C)C)c(Cl)c1. The average Bonchev–Trinajstić information content (AvgIpc) is 2.85. The maximum atomic E-state index is 12.8. The number of ether oxygens (including phenoxy) is 1. The van der Waals surface area contributed by atoms with E-state index in [2.05, 4.69) is 21.3 Å². The van der Waals surface area contributed by atoms with Crippen molar-refractivity contribution in [3.8, 4) is 5.75 Å². The molecule has 1 unspecified atom stereocenters. The van der Waals surface area contributed by atoms with Crippen molar-refractivity contribution in [3.05, 3.63) is 88.9 Å². The lowest BCUT2D eigenvalue weighted by molar-refractivity contribution is -0.122. The molecule has 3 aromatic carbocycles. The highest BCUT2D eigenvalue weighted by Gasteiger charge is 2.22. The van der Waals surface area contributed by atoms with E-state index in [1.165, 1.54) is 13.1 Å². The summed E-state index contributed by atoms with van der Waals surface area (Å²) >= 11 is 6.25. The molecule has 3 rings (SSSR count). The normalized spacial score (nSPS) is 11.4. The van der Waals surface area contributed by atoms with Crippen molar-refractivity contribution in [3.63, 3.8) is 0 Å². The molecule has 0 fully saturated rings. The van der Waals surface area contributed by atoms with Gasteiger partial charge in [0.1, 0.15) is 11.8 Å². The Bertz CT molecular complexity index is 1200. The lowest BCUT2D eigenvalue weighted by atomic mass is 10.0. The summed E-state index contributed by atoms with van der Waals surface area (Å²) < 4.78 is 5.60. The first-order chi connectivity index (χ1) is 17.2. The number of amides is 4. The van der Waals surface area contributed by atoms with Crippen molar-refractivity contribution in [2.45, 2.75) is 32.4 Å². The first kappa shape index (κ1) is 26.6. The number of nitrogens with one attached hydrogen (secondary N) is 4. The molecule has 0 aliphatic rings. The Balaban J connectivity index is 1.63. The van der Waals surface area contributed by atoms with Crippen LogP contribution in [0.2, 0.25) is 5.02 Å². The monoisotopic (exact) mass is 508 g/mol. The van der Waals surface area contributed by atoms with E-state index in [0.717, 1.165) is 5.56 Å². The van der Waals surface area contributed by atoms with Gasteiger partial charge in [0.25, 0.3) is 5.91 Å². The van der Waals surface area contributed by atoms with Crippen LogP contribution >= 0.6 is 11.6 Å². The van der Waals surface area contributed by atoms with Crippen LogP contribution in [0.5, 0.6) is 5.75 Å². The van der Waals surface area contributed by atoms with E-state index in [1.807, 2.05) is 32.0 Å². The first-order valence-electron chi connectivity index (χ1n) is 11.5. The fourth-order valence-electron chi connectivity index (χ4n) is 3.39. The average molecular weight is 509 g/mol. The molecule has 0 bridgehead atoms. The molecule has 0 aliphatic heterocycles. The van der Waals surface area contributed by atoms with Crippen LogP contribution in [0.4, 0.5) is 16.2 Å². The number of anilines is 2. The number of rotatable bonds is 9. The maximum absolute atomic E-state index is 12.8. The van der Waals surface area contributed by atoms with Gasteiger partial charge in [-0.2, -0.15) is 0 Å². The summed E-state index contributed by atoms with van der Waals surface area (Å²) in [4.78, 5) is 37.5. The van der Waals surface area contributed by atoms with Gasteiger partial charge >= 0.3 is 6.03 Å². The number of para-hydroxylation sites is 1. The highest BCUT2D eigenvalue weighted by molar-refractivity contribution is 6.32. The van der Waals surface area contributed by atoms with E-state index in [4.69, 9.17) is 16.3 Å². The van der Waals surface area contributed by atoms with Gasteiger partial charge in [-0.1, -0.05) is 41.9 Å². The van der Waals surface area contributed by atoms with E-state index >= 15 is 0 Å². The summed E-state index contributed by atoms with van der Waals surface area (Å²) in [5.41, 5.74) is 2.39. The van der Waals surface area contributed by atoms with Crippen LogP contribution in [-0.2, 0) is 11.2 Å². The lowest BCUT2D eigenvalue weighted by Gasteiger charge is -2.18. The van der Waals surface area contributed by atoms with E-state index in [-0.39, 0.29) is 24.5 Å². The van der Waals surface area contributed by atoms with Crippen LogP contribution < -0.4 is 26.0 Å². The molecule has 0 saturated heterocycles. The third-order valence-corrected chi connectivity index (χ3v) is 5.40. The number of hydrogen-bond donors (Lipinski definition) is 4. The Morgan fingerprint density at radius 1 is 0.889 bits per heavy atom. The molecule has 0 radical (unpaired) electrons. The number of benzene rings is 3. The molecular formula is C27H29ClN4O4. The molecule has 9 heteroatoms. The van der Waals surface area contributed by atoms with Gasteiger partial charge < -0.3 is 26.0 Å². The number of carbonyl (C=O) groups excluding carboxylic acids is 3. The van der Waals surface area contributed by atoms with Gasteiger partial charge in [-0.3, -0.25) is 9.59 Å². The molecule has 36 heavy (non-hydrogen) atoms. The van der Waals surface area contributed by atoms with Crippen LogP contribution in [0.25, 0.3) is 0 Å². The van der Waals surface area contributed by atoms with E-state index < -0.39 is 11.9 Å². The molecule has 0 aromatic heterocycles. The number of hydrogen-bond acceptors (Lipinski definition) is 4. The Morgan fingerprint density at radius 3 is 2.11 bits per heavy atom. The summed E-state index contributed by atoms with van der Waals surface area (Å²) in [7, 11) is 1.51. The molecule has 8 nitrogen and oxygen atoms in total. The second kappa shape index (κ2) is 12.6. The minimum Gasteiger partial charge on any atom is -0.489 e. The van der Waals surface area contributed by atoms with Gasteiger partial charge in [0.05, 0.1) is 11.1 Å². The molecule has 0 aliphatic carbocycles. The second-order valence-electron chi connectivity index (χ2n) is 8.30. The Labute approximate surface area is 215 Å². The van der Waals surface area contributed by atoms with E-state index in [1.54, 1.807) is 48.5 Å². The van der Waals surface area contributed by atoms with Crippen LogP contribution in [0.15, 0.2) is 72.8 Å². The van der Waals surface area contributed by atoms with E-state index in [9.17, 15) is 14.4 Å². The fraction of sp³-hybridized carbons (Fsp3) is 0.222. The molecule has 0 heterocycles. The predicted molar refractivity (Wildman–Crippen MR) is 142 cm³/mol. The predicted octanol–water partition coefficient (Wildman–Crippen LogP) is 4.86. The molecular weight excluding hydrogens is 480 g/mol. The topological polar surface area (TPSA) is 109 Å². The first-order valence-corrected chi connectivity index (χ1v) is 11.8. The zero-order chi connectivity index (χ0) is 26.1. The third-order valence-electron chi connectivity index (χ3n) is 5.11. The quantitative estimate of drug-likeness (QED) is 0.331. The van der Waals surface area contributed by atoms with Gasteiger partial charge in [-0.05, 0) is 61.9 Å². The van der Waals surface area contributed by atoms with Crippen molar-refractivity contribution in [2.24, 2.45) is 0 Å². The van der Waals surface area contributed by atoms with Crippen LogP contribution in [0, 0.1) is 0 Å². The van der Waals surface area contributed by atoms with Gasteiger partial charge in [-0.25, -0.2) is 4.79 Å². The lowest BCUT2D eigenvalue weighted by Crippen LogP contribution is -2.47. The standard InChI is InChI=1S/C27H29ClN4O4/c1-17(2)36-24-14-11-19(16-22(24)28)25(33)32-23(26(34)29-3)15-18-9-12-21(13-10-18)31-27(35)30-20-7-5-4-6-8-20/h4-14,16-17,23H,15H2,1-3H3,(H,29,34)(H,32,33)(H2,30,31,35). The van der Waals surface area contributed by atoms with Gasteiger partial charge in [0.15, 0.2) is 0 Å². The highest BCUT2D eigenvalue weighted by atomic mass is 35.5. The number of halogens is 1. The van der Waals surface area contributed by atoms with Crippen LogP contribution in [-0.4, -0.2) is 37.0 Å². The van der Waals surface area contributed by atoms with Gasteiger partial charge in [-0.15, -0.1) is 0 Å². The minimum absolute atomic E-state index is 0.0559. The number of carbonyl (C=O) groups is 3. The Hall–Kier alpha value is -4.04. The van der Waals surface area contributed by atoms with E-state index in [0.29, 0.717) is 27.7 Å². The largest absolute Gasteiger partial charge is 0.489 e. The summed E-state index contributed by atoms with van der Waals surface area (Å²) in [5.74, 6) is -0.284. The molecule has 0 saturated carbocycles. The molecule has 4 amide bonds. The molecule has 1 atom stereocenters. The number of likely N-dealkylation sites (N-methyl/N-ethyl adjacent to an activating group) is 1. The Morgan fingerprint density at radius 2 is 1.53 bits per heavy atom. The summed E-state index contributed by atoms with van der Waals surface area (Å²) in [5, 5.41) is 11.2.